The second-order valence-corrected chi connectivity index (χ2v) is 19.9. The van der Waals surface area contributed by atoms with E-state index in [1.807, 2.05) is 72.8 Å². The molecule has 4 aromatic carbocycles. The van der Waals surface area contributed by atoms with Crippen molar-refractivity contribution in [1.82, 2.24) is 19.5 Å². The van der Waals surface area contributed by atoms with Crippen LogP contribution in [0.25, 0.3) is 67.0 Å². The van der Waals surface area contributed by atoms with Crippen molar-refractivity contribution >= 4 is 46.4 Å². The maximum atomic E-state index is 6.34. The van der Waals surface area contributed by atoms with Crippen LogP contribution in [0.15, 0.2) is 120 Å². The number of hydrogen-bond donors (Lipinski definition) is 0. The number of fused-ring (bicyclic) bond motifs is 4. The summed E-state index contributed by atoms with van der Waals surface area (Å²) in [4.78, 5) is 14.4. The van der Waals surface area contributed by atoms with Crippen LogP contribution in [-0.4, -0.2) is 27.6 Å². The van der Waals surface area contributed by atoms with Crippen LogP contribution in [0, 0.1) is 18.1 Å². The number of imidazole rings is 1. The molecule has 0 bridgehead atoms. The molecular weight excluding hydrogens is 833 g/mol. The molecule has 0 spiro atoms. The molecule has 0 amide bonds. The van der Waals surface area contributed by atoms with Gasteiger partial charge in [0.25, 0.3) is 0 Å². The molecule has 0 aliphatic heterocycles. The summed E-state index contributed by atoms with van der Waals surface area (Å²) < 4.78 is 8.58. The van der Waals surface area contributed by atoms with Gasteiger partial charge in [0.05, 0.1) is 36.2 Å². The standard InChI is InChI=1S/C27H20N3O.C18H24NSi.Ir/c1-17(2)30-24-14-7-6-13-23(24)28-26(30)21-12-8-11-19-20-15-16-22(18-9-4-3-5-10-18)29-27(20)31-25(19)21;1-14(2)11-16-12-17(15-9-7-6-8-10-15)19-13-18(16)20(3,4)5;/h3-11,13-17H,1-2H3;6-9,12-14H,11H2,1-5H3;/q2*-1;. The van der Waals surface area contributed by atoms with Gasteiger partial charge < -0.3 is 14.0 Å². The van der Waals surface area contributed by atoms with Gasteiger partial charge in [0.15, 0.2) is 0 Å². The predicted molar refractivity (Wildman–Crippen MR) is 215 cm³/mol. The molecule has 265 valence electrons. The van der Waals surface area contributed by atoms with Crippen molar-refractivity contribution in [3.63, 3.8) is 0 Å². The Labute approximate surface area is 321 Å². The van der Waals surface area contributed by atoms with Crippen LogP contribution in [-0.2, 0) is 26.5 Å². The predicted octanol–water partition coefficient (Wildman–Crippen LogP) is 11.3. The van der Waals surface area contributed by atoms with Gasteiger partial charge in [-0.05, 0) is 61.3 Å². The van der Waals surface area contributed by atoms with Crippen molar-refractivity contribution in [2.45, 2.75) is 59.8 Å². The van der Waals surface area contributed by atoms with Crippen molar-refractivity contribution in [2.24, 2.45) is 5.92 Å². The molecule has 0 unspecified atom stereocenters. The zero-order valence-electron chi connectivity index (χ0n) is 30.9. The van der Waals surface area contributed by atoms with Gasteiger partial charge in [-0.2, -0.15) is 0 Å². The molecular formula is C45H44IrN4OSi-2. The summed E-state index contributed by atoms with van der Waals surface area (Å²) in [6, 6.07) is 43.7. The van der Waals surface area contributed by atoms with Gasteiger partial charge in [0.1, 0.15) is 0 Å². The third kappa shape index (κ3) is 7.59. The van der Waals surface area contributed by atoms with Gasteiger partial charge in [0.2, 0.25) is 5.71 Å². The largest absolute Gasteiger partial charge is 0.486 e. The maximum Gasteiger partial charge on any atom is 0.216 e. The van der Waals surface area contributed by atoms with E-state index in [1.165, 1.54) is 10.8 Å². The van der Waals surface area contributed by atoms with Crippen LogP contribution in [0.4, 0.5) is 0 Å². The second-order valence-electron chi connectivity index (χ2n) is 14.9. The molecule has 0 aliphatic rings. The molecule has 7 heteroatoms. The molecule has 52 heavy (non-hydrogen) atoms. The minimum Gasteiger partial charge on any atom is -0.486 e. The fraction of sp³-hybridized carbons (Fsp3) is 0.222. The van der Waals surface area contributed by atoms with Crippen molar-refractivity contribution in [1.29, 1.82) is 0 Å². The summed E-state index contributed by atoms with van der Waals surface area (Å²) in [7, 11) is -1.34. The number of furan rings is 1. The average Bonchev–Trinajstić information content (AvgIpc) is 3.70. The molecule has 4 heterocycles. The average molecular weight is 877 g/mol. The van der Waals surface area contributed by atoms with E-state index < -0.39 is 8.07 Å². The smallest absolute Gasteiger partial charge is 0.216 e. The fourth-order valence-electron chi connectivity index (χ4n) is 6.78. The zero-order chi connectivity index (χ0) is 35.7. The Balaban J connectivity index is 0.000000193. The van der Waals surface area contributed by atoms with Gasteiger partial charge in [-0.25, -0.2) is 4.98 Å². The van der Waals surface area contributed by atoms with Crippen LogP contribution in [0.2, 0.25) is 19.6 Å². The van der Waals surface area contributed by atoms with Crippen LogP contribution in [0.5, 0.6) is 0 Å². The molecule has 0 atom stereocenters. The quantitative estimate of drug-likeness (QED) is 0.118. The van der Waals surface area contributed by atoms with Gasteiger partial charge in [-0.15, -0.1) is 54.1 Å². The minimum absolute atomic E-state index is 0. The van der Waals surface area contributed by atoms with E-state index >= 15 is 0 Å². The molecule has 8 aromatic rings. The summed E-state index contributed by atoms with van der Waals surface area (Å²) in [6.07, 6.45) is 3.24. The number of rotatable bonds is 7. The Morgan fingerprint density at radius 1 is 0.750 bits per heavy atom. The van der Waals surface area contributed by atoms with Crippen LogP contribution < -0.4 is 5.19 Å². The van der Waals surface area contributed by atoms with Gasteiger partial charge in [0, 0.05) is 43.3 Å². The van der Waals surface area contributed by atoms with E-state index in [2.05, 4.69) is 112 Å². The van der Waals surface area contributed by atoms with E-state index in [1.54, 1.807) is 0 Å². The monoisotopic (exact) mass is 877 g/mol. The first-order valence-corrected chi connectivity index (χ1v) is 21.3. The molecule has 0 saturated heterocycles. The molecule has 0 fully saturated rings. The molecule has 0 N–H and O–H groups in total. The molecule has 5 nitrogen and oxygen atoms in total. The Bertz CT molecular complexity index is 2440. The number of hydrogen-bond acceptors (Lipinski definition) is 4. The van der Waals surface area contributed by atoms with Crippen molar-refractivity contribution in [3.8, 4) is 33.9 Å². The molecule has 0 saturated carbocycles. The summed E-state index contributed by atoms with van der Waals surface area (Å²) in [5, 5.41) is 3.52. The van der Waals surface area contributed by atoms with Crippen LogP contribution >= 0.6 is 0 Å². The van der Waals surface area contributed by atoms with Crippen LogP contribution in [0.3, 0.4) is 0 Å². The molecule has 0 aliphatic carbocycles. The first-order valence-electron chi connectivity index (χ1n) is 17.8. The topological polar surface area (TPSA) is 56.7 Å². The zero-order valence-corrected chi connectivity index (χ0v) is 34.3. The third-order valence-corrected chi connectivity index (χ3v) is 11.2. The number of nitrogens with zero attached hydrogens (tertiary/aromatic N) is 4. The Hall–Kier alpha value is -4.68. The Kier molecular flexibility index (Phi) is 11.1. The van der Waals surface area contributed by atoms with Crippen LogP contribution in [0.1, 0.15) is 39.3 Å². The SMILES string of the molecule is CC(C)Cc1cc(-c2[c-]cccc2)ncc1[Si](C)(C)C.CC(C)n1c(-c2[c-]ccc3c2oc2nc(-c4ccccc4)ccc23)nc2ccccc21.[Ir]. The first kappa shape index (κ1) is 37.1. The summed E-state index contributed by atoms with van der Waals surface area (Å²) in [5.41, 5.74) is 9.91. The fourth-order valence-corrected chi connectivity index (χ4v) is 8.37. The summed E-state index contributed by atoms with van der Waals surface area (Å²) >= 11 is 0. The van der Waals surface area contributed by atoms with Crippen molar-refractivity contribution in [3.05, 3.63) is 133 Å². The number of para-hydroxylation sites is 2. The summed E-state index contributed by atoms with van der Waals surface area (Å²) in [5.74, 6) is 1.53. The molecule has 8 rings (SSSR count). The summed E-state index contributed by atoms with van der Waals surface area (Å²) in [6.45, 7) is 16.1. The Morgan fingerprint density at radius 2 is 1.50 bits per heavy atom. The molecule has 4 aromatic heterocycles. The number of pyridine rings is 2. The minimum atomic E-state index is -1.34. The number of benzene rings is 4. The van der Waals surface area contributed by atoms with E-state index in [-0.39, 0.29) is 26.1 Å². The van der Waals surface area contributed by atoms with E-state index in [0.29, 0.717) is 11.6 Å². The van der Waals surface area contributed by atoms with Gasteiger partial charge in [-0.3, -0.25) is 4.98 Å². The first-order chi connectivity index (χ1) is 24.6. The van der Waals surface area contributed by atoms with E-state index in [9.17, 15) is 0 Å². The third-order valence-electron chi connectivity index (χ3n) is 9.11. The maximum absolute atomic E-state index is 6.34. The van der Waals surface area contributed by atoms with E-state index in [0.717, 1.165) is 67.7 Å². The molecule has 1 radical (unpaired) electrons. The van der Waals surface area contributed by atoms with Gasteiger partial charge >= 0.3 is 0 Å². The Morgan fingerprint density at radius 3 is 2.21 bits per heavy atom. The number of aromatic nitrogens is 4. The normalized spacial score (nSPS) is 11.6. The van der Waals surface area contributed by atoms with Crippen molar-refractivity contribution < 1.29 is 24.5 Å². The van der Waals surface area contributed by atoms with Crippen molar-refractivity contribution in [2.75, 3.05) is 0 Å². The van der Waals surface area contributed by atoms with Gasteiger partial charge in [-0.1, -0.05) is 98.5 Å². The van der Waals surface area contributed by atoms with E-state index in [4.69, 9.17) is 14.4 Å². The second kappa shape index (κ2) is 15.5.